The monoisotopic (exact) mass is 406 g/mol. The van der Waals surface area contributed by atoms with E-state index in [1.54, 1.807) is 13.8 Å². The van der Waals surface area contributed by atoms with Crippen molar-refractivity contribution in [2.24, 2.45) is 11.8 Å². The standard InChI is InChI=1S/C24H38O3S/c1-18(2)28(26,27)13-7-5-6-8-24(25)17-21-9-11-22(12-10-21)23-15-19(3)14-20(4)16-23/h9-12,18-20,23H,5-8,13-17H2,1-4H3. The summed E-state index contributed by atoms with van der Waals surface area (Å²) in [5, 5.41) is -0.308. The highest BCUT2D eigenvalue weighted by Crippen LogP contribution is 2.39. The Labute approximate surface area is 172 Å². The maximum atomic E-state index is 12.2. The molecule has 4 heteroatoms. The largest absolute Gasteiger partial charge is 0.299 e. The van der Waals surface area contributed by atoms with E-state index in [-0.39, 0.29) is 16.8 Å². The van der Waals surface area contributed by atoms with Crippen LogP contribution in [0.5, 0.6) is 0 Å². The molecule has 3 nitrogen and oxygen atoms in total. The molecule has 2 unspecified atom stereocenters. The van der Waals surface area contributed by atoms with E-state index in [1.165, 1.54) is 24.8 Å². The van der Waals surface area contributed by atoms with E-state index in [0.29, 0.717) is 25.2 Å². The van der Waals surface area contributed by atoms with Gasteiger partial charge in [0.25, 0.3) is 0 Å². The van der Waals surface area contributed by atoms with E-state index in [1.807, 2.05) is 0 Å². The van der Waals surface area contributed by atoms with Gasteiger partial charge in [-0.3, -0.25) is 4.79 Å². The van der Waals surface area contributed by atoms with Gasteiger partial charge >= 0.3 is 0 Å². The zero-order valence-electron chi connectivity index (χ0n) is 18.1. The number of benzene rings is 1. The van der Waals surface area contributed by atoms with E-state index in [4.69, 9.17) is 0 Å². The van der Waals surface area contributed by atoms with Gasteiger partial charge in [0.05, 0.1) is 11.0 Å². The lowest BCUT2D eigenvalue weighted by atomic mass is 9.74. The Balaban J connectivity index is 1.72. The average molecular weight is 407 g/mol. The summed E-state index contributed by atoms with van der Waals surface area (Å²) < 4.78 is 23.6. The third-order valence-corrected chi connectivity index (χ3v) is 8.43. The molecule has 1 aliphatic carbocycles. The van der Waals surface area contributed by atoms with Crippen molar-refractivity contribution < 1.29 is 13.2 Å². The predicted octanol–water partition coefficient (Wildman–Crippen LogP) is 5.72. The smallest absolute Gasteiger partial charge is 0.152 e. The van der Waals surface area contributed by atoms with E-state index in [2.05, 4.69) is 38.1 Å². The van der Waals surface area contributed by atoms with Crippen LogP contribution in [0.4, 0.5) is 0 Å². The summed E-state index contributed by atoms with van der Waals surface area (Å²) >= 11 is 0. The third-order valence-electron chi connectivity index (χ3n) is 6.13. The Morgan fingerprint density at radius 2 is 1.57 bits per heavy atom. The number of hydrogen-bond acceptors (Lipinski definition) is 3. The average Bonchev–Trinajstić information content (AvgIpc) is 2.61. The normalized spacial score (nSPS) is 23.1. The van der Waals surface area contributed by atoms with Gasteiger partial charge in [0.1, 0.15) is 5.78 Å². The second kappa shape index (κ2) is 10.6. The van der Waals surface area contributed by atoms with Crippen molar-refractivity contribution >= 4 is 15.6 Å². The van der Waals surface area contributed by atoms with Gasteiger partial charge in [0.15, 0.2) is 9.84 Å². The first kappa shape index (κ1) is 23.1. The Kier molecular flexibility index (Phi) is 8.73. The van der Waals surface area contributed by atoms with Crippen LogP contribution in [-0.2, 0) is 21.1 Å². The fourth-order valence-corrected chi connectivity index (χ4v) is 5.56. The molecule has 28 heavy (non-hydrogen) atoms. The van der Waals surface area contributed by atoms with E-state index in [0.717, 1.165) is 30.2 Å². The Bertz CT molecular complexity index is 709. The van der Waals surface area contributed by atoms with E-state index >= 15 is 0 Å². The van der Waals surface area contributed by atoms with Gasteiger partial charge in [-0.25, -0.2) is 8.42 Å². The lowest BCUT2D eigenvalue weighted by molar-refractivity contribution is -0.118. The number of unbranched alkanes of at least 4 members (excludes halogenated alkanes) is 2. The molecule has 158 valence electrons. The number of carbonyl (C=O) groups is 1. The number of hydrogen-bond donors (Lipinski definition) is 0. The summed E-state index contributed by atoms with van der Waals surface area (Å²) in [5.74, 6) is 2.74. The van der Waals surface area contributed by atoms with E-state index < -0.39 is 9.84 Å². The molecule has 0 heterocycles. The van der Waals surface area contributed by atoms with Crippen molar-refractivity contribution in [2.75, 3.05) is 5.75 Å². The molecule has 2 atom stereocenters. The summed E-state index contributed by atoms with van der Waals surface area (Å²) in [5.41, 5.74) is 2.51. The lowest BCUT2D eigenvalue weighted by Gasteiger charge is -2.31. The van der Waals surface area contributed by atoms with Crippen LogP contribution in [0.1, 0.15) is 89.7 Å². The molecule has 0 radical (unpaired) electrons. The van der Waals surface area contributed by atoms with Crippen molar-refractivity contribution in [2.45, 2.75) is 90.2 Å². The van der Waals surface area contributed by atoms with Crippen molar-refractivity contribution in [3.63, 3.8) is 0 Å². The number of ketones is 1. The molecule has 0 bridgehead atoms. The van der Waals surface area contributed by atoms with Crippen LogP contribution in [0, 0.1) is 11.8 Å². The maximum Gasteiger partial charge on any atom is 0.152 e. The van der Waals surface area contributed by atoms with Gasteiger partial charge in [0.2, 0.25) is 0 Å². The van der Waals surface area contributed by atoms with Crippen LogP contribution in [0.3, 0.4) is 0 Å². The fourth-order valence-electron chi connectivity index (χ4n) is 4.48. The predicted molar refractivity (Wildman–Crippen MR) is 117 cm³/mol. The van der Waals surface area contributed by atoms with Gasteiger partial charge in [0, 0.05) is 12.8 Å². The van der Waals surface area contributed by atoms with Crippen LogP contribution in [-0.4, -0.2) is 25.2 Å². The number of rotatable bonds is 10. The van der Waals surface area contributed by atoms with Crippen LogP contribution in [0.25, 0.3) is 0 Å². The van der Waals surface area contributed by atoms with Crippen molar-refractivity contribution in [3.05, 3.63) is 35.4 Å². The second-order valence-corrected chi connectivity index (χ2v) is 12.0. The molecule has 0 spiro atoms. The van der Waals surface area contributed by atoms with Gasteiger partial charge < -0.3 is 0 Å². The fraction of sp³-hybridized carbons (Fsp3) is 0.708. The maximum absolute atomic E-state index is 12.2. The van der Waals surface area contributed by atoms with Crippen LogP contribution < -0.4 is 0 Å². The molecule has 1 aliphatic rings. The Morgan fingerprint density at radius 3 is 2.14 bits per heavy atom. The summed E-state index contributed by atoms with van der Waals surface area (Å²) in [4.78, 5) is 12.2. The second-order valence-electron chi connectivity index (χ2n) is 9.30. The highest BCUT2D eigenvalue weighted by atomic mass is 32.2. The molecular weight excluding hydrogens is 368 g/mol. The summed E-state index contributed by atoms with van der Waals surface area (Å²) in [6.07, 6.45) is 7.15. The van der Waals surface area contributed by atoms with Gasteiger partial charge in [-0.2, -0.15) is 0 Å². The minimum absolute atomic E-state index is 0.235. The van der Waals surface area contributed by atoms with Gasteiger partial charge in [-0.05, 0) is 74.8 Å². The quantitative estimate of drug-likeness (QED) is 0.467. The number of sulfone groups is 1. The first-order chi connectivity index (χ1) is 13.2. The molecule has 0 amide bonds. The highest BCUT2D eigenvalue weighted by Gasteiger charge is 2.25. The van der Waals surface area contributed by atoms with Gasteiger partial charge in [-0.1, -0.05) is 44.5 Å². The lowest BCUT2D eigenvalue weighted by Crippen LogP contribution is -2.18. The molecule has 1 fully saturated rings. The molecular formula is C24H38O3S. The SMILES string of the molecule is CC1CC(C)CC(c2ccc(CC(=O)CCCCCS(=O)(=O)C(C)C)cc2)C1. The summed E-state index contributed by atoms with van der Waals surface area (Å²) in [6.45, 7) is 8.15. The van der Waals surface area contributed by atoms with Crippen LogP contribution in [0.2, 0.25) is 0 Å². The van der Waals surface area contributed by atoms with Crippen molar-refractivity contribution in [1.82, 2.24) is 0 Å². The Hall–Kier alpha value is -1.16. The minimum atomic E-state index is -2.95. The molecule has 2 rings (SSSR count). The molecule has 1 saturated carbocycles. The number of carbonyl (C=O) groups excluding carboxylic acids is 1. The van der Waals surface area contributed by atoms with Crippen molar-refractivity contribution in [3.8, 4) is 0 Å². The number of Topliss-reactive ketones (excluding diaryl/α,β-unsaturated/α-hetero) is 1. The van der Waals surface area contributed by atoms with Gasteiger partial charge in [-0.15, -0.1) is 0 Å². The first-order valence-electron chi connectivity index (χ1n) is 11.0. The highest BCUT2D eigenvalue weighted by molar-refractivity contribution is 7.91. The first-order valence-corrected chi connectivity index (χ1v) is 12.7. The zero-order chi connectivity index (χ0) is 20.7. The van der Waals surface area contributed by atoms with E-state index in [9.17, 15) is 13.2 Å². The molecule has 0 N–H and O–H groups in total. The summed E-state index contributed by atoms with van der Waals surface area (Å²) in [7, 11) is -2.95. The molecule has 1 aromatic carbocycles. The molecule has 0 aromatic heterocycles. The molecule has 0 aliphatic heterocycles. The minimum Gasteiger partial charge on any atom is -0.299 e. The van der Waals surface area contributed by atoms with Crippen LogP contribution in [0.15, 0.2) is 24.3 Å². The molecule has 0 saturated heterocycles. The third kappa shape index (κ3) is 7.35. The summed E-state index contributed by atoms with van der Waals surface area (Å²) in [6, 6.07) is 8.67. The van der Waals surface area contributed by atoms with Crippen molar-refractivity contribution in [1.29, 1.82) is 0 Å². The Morgan fingerprint density at radius 1 is 0.964 bits per heavy atom. The topological polar surface area (TPSA) is 51.2 Å². The molecule has 1 aromatic rings. The zero-order valence-corrected chi connectivity index (χ0v) is 18.9. The van der Waals surface area contributed by atoms with Crippen LogP contribution >= 0.6 is 0 Å².